The van der Waals surface area contributed by atoms with Crippen molar-refractivity contribution < 1.29 is 46.1 Å². The van der Waals surface area contributed by atoms with E-state index in [2.05, 4.69) is 44.9 Å². The summed E-state index contributed by atoms with van der Waals surface area (Å²) in [6.45, 7) is 3.01. The first-order chi connectivity index (χ1) is 16.5. The molecule has 36 heavy (non-hydrogen) atoms. The Morgan fingerprint density at radius 1 is 1.03 bits per heavy atom. The molecule has 0 aromatic carbocycles. The third kappa shape index (κ3) is 10.0. The molecule has 0 spiro atoms. The minimum absolute atomic E-state index is 0.377. The van der Waals surface area contributed by atoms with Gasteiger partial charge in [0.2, 0.25) is 5.95 Å². The smallest absolute Gasteiger partial charge is 0.475 e. The van der Waals surface area contributed by atoms with Gasteiger partial charge in [0.05, 0.1) is 6.04 Å². The van der Waals surface area contributed by atoms with Crippen LogP contribution >= 0.6 is 0 Å². The molecular weight excluding hydrogens is 500 g/mol. The van der Waals surface area contributed by atoms with Gasteiger partial charge in [0.25, 0.3) is 0 Å². The highest BCUT2D eigenvalue weighted by atomic mass is 19.4. The van der Waals surface area contributed by atoms with E-state index in [4.69, 9.17) is 19.8 Å². The van der Waals surface area contributed by atoms with Crippen LogP contribution in [0.5, 0.6) is 0 Å². The van der Waals surface area contributed by atoms with Crippen LogP contribution in [-0.4, -0.2) is 87.1 Å². The zero-order chi connectivity index (χ0) is 27.7. The summed E-state index contributed by atoms with van der Waals surface area (Å²) in [6.07, 6.45) is -0.496. The summed E-state index contributed by atoms with van der Waals surface area (Å²) in [5.41, 5.74) is 2.36. The van der Waals surface area contributed by atoms with E-state index >= 15 is 0 Å². The lowest BCUT2D eigenvalue weighted by Gasteiger charge is -2.31. The van der Waals surface area contributed by atoms with Crippen molar-refractivity contribution >= 4 is 17.9 Å². The number of nitrogens with zero attached hydrogens (tertiary/aromatic N) is 5. The third-order valence-electron chi connectivity index (χ3n) is 4.85. The highest BCUT2D eigenvalue weighted by molar-refractivity contribution is 5.73. The van der Waals surface area contributed by atoms with E-state index in [9.17, 15) is 26.3 Å². The van der Waals surface area contributed by atoms with E-state index in [0.717, 1.165) is 30.9 Å². The number of hydrogen-bond acceptors (Lipinski definition) is 7. The number of carboxylic acids is 2. The maximum atomic E-state index is 10.6. The molecule has 2 aromatic heterocycles. The largest absolute Gasteiger partial charge is 0.490 e. The molecule has 3 heterocycles. The first-order valence-electron chi connectivity index (χ1n) is 10.2. The summed E-state index contributed by atoms with van der Waals surface area (Å²) in [4.78, 5) is 35.7. The molecule has 2 N–H and O–H groups in total. The first kappa shape index (κ1) is 30.5. The predicted molar refractivity (Wildman–Crippen MR) is 115 cm³/mol. The molecule has 0 unspecified atom stereocenters. The second-order valence-electron chi connectivity index (χ2n) is 7.81. The van der Waals surface area contributed by atoms with Crippen LogP contribution in [0.1, 0.15) is 17.5 Å². The molecule has 9 nitrogen and oxygen atoms in total. The van der Waals surface area contributed by atoms with Gasteiger partial charge in [-0.3, -0.25) is 4.98 Å². The number of carboxylic acid groups (broad SMARTS) is 2. The molecule has 0 amide bonds. The molecule has 15 heteroatoms. The van der Waals surface area contributed by atoms with Gasteiger partial charge in [-0.2, -0.15) is 26.3 Å². The maximum absolute atomic E-state index is 10.6. The summed E-state index contributed by atoms with van der Waals surface area (Å²) in [7, 11) is 4.31. The predicted octanol–water partition coefficient (Wildman–Crippen LogP) is 3.20. The normalized spacial score (nSPS) is 17.6. The second-order valence-corrected chi connectivity index (χ2v) is 7.81. The van der Waals surface area contributed by atoms with Crippen LogP contribution in [0.3, 0.4) is 0 Å². The summed E-state index contributed by atoms with van der Waals surface area (Å²) in [5, 5.41) is 14.2. The average molecular weight is 525 g/mol. The van der Waals surface area contributed by atoms with Crippen LogP contribution in [0.4, 0.5) is 32.3 Å². The molecule has 200 valence electrons. The maximum Gasteiger partial charge on any atom is 0.490 e. The third-order valence-corrected chi connectivity index (χ3v) is 4.85. The lowest BCUT2D eigenvalue weighted by Crippen LogP contribution is -2.44. The Kier molecular flexibility index (Phi) is 11.0. The van der Waals surface area contributed by atoms with Crippen molar-refractivity contribution in [3.8, 4) is 0 Å². The number of aliphatic carboxylic acids is 2. The second kappa shape index (κ2) is 13.0. The van der Waals surface area contributed by atoms with E-state index in [1.54, 1.807) is 0 Å². The van der Waals surface area contributed by atoms with Crippen LogP contribution in [0.2, 0.25) is 0 Å². The quantitative estimate of drug-likeness (QED) is 0.580. The summed E-state index contributed by atoms with van der Waals surface area (Å²) in [6, 6.07) is 5.03. The molecule has 1 saturated heterocycles. The Morgan fingerprint density at radius 2 is 1.53 bits per heavy atom. The van der Waals surface area contributed by atoms with E-state index in [-0.39, 0.29) is 0 Å². The molecular formula is C21H25F6N5O4. The number of likely N-dealkylation sites (N-methyl/N-ethyl adjacent to an activating group) is 1. The molecule has 3 rings (SSSR count). The van der Waals surface area contributed by atoms with Crippen LogP contribution < -0.4 is 4.90 Å². The van der Waals surface area contributed by atoms with Gasteiger partial charge in [0, 0.05) is 37.4 Å². The number of aromatic nitrogens is 3. The lowest BCUT2D eigenvalue weighted by atomic mass is 10.0. The van der Waals surface area contributed by atoms with E-state index in [1.807, 2.05) is 37.8 Å². The lowest BCUT2D eigenvalue weighted by molar-refractivity contribution is -0.193. The van der Waals surface area contributed by atoms with Crippen LogP contribution in [0.15, 0.2) is 36.9 Å². The van der Waals surface area contributed by atoms with Crippen LogP contribution in [0, 0.1) is 6.92 Å². The average Bonchev–Trinajstić information content (AvgIpc) is 3.18. The monoisotopic (exact) mass is 525 g/mol. The van der Waals surface area contributed by atoms with E-state index < -0.39 is 24.3 Å². The number of rotatable bonds is 4. The number of aryl methyl sites for hydroxylation is 1. The Balaban J connectivity index is 0.000000383. The standard InChI is InChI=1S/C17H23N5.2C2HF3O2/c1-13-10-19-17(20-11-13)22-8-6-15(21(2)3)16(22)9-14-5-4-7-18-12-14;2*3-2(4,5)1(6)7/h4-5,7,10-12,15-16H,6,8-9H2,1-3H3;2*(H,6,7)/t15-,16+;;/m1../s1. The van der Waals surface area contributed by atoms with Gasteiger partial charge in [0.1, 0.15) is 0 Å². The highest BCUT2D eigenvalue weighted by Gasteiger charge is 2.39. The first-order valence-corrected chi connectivity index (χ1v) is 10.2. The summed E-state index contributed by atoms with van der Waals surface area (Å²) >= 11 is 0. The Morgan fingerprint density at radius 3 is 1.92 bits per heavy atom. The summed E-state index contributed by atoms with van der Waals surface area (Å²) in [5.74, 6) is -4.68. The zero-order valence-electron chi connectivity index (χ0n) is 19.5. The van der Waals surface area contributed by atoms with Crippen molar-refractivity contribution in [2.45, 2.75) is 44.2 Å². The fraction of sp³-hybridized carbons (Fsp3) is 0.476. The number of carbonyl (C=O) groups is 2. The van der Waals surface area contributed by atoms with Crippen molar-refractivity contribution in [3.63, 3.8) is 0 Å². The molecule has 2 aromatic rings. The molecule has 0 aliphatic carbocycles. The minimum atomic E-state index is -5.08. The fourth-order valence-corrected chi connectivity index (χ4v) is 3.23. The molecule has 0 bridgehead atoms. The van der Waals surface area contributed by atoms with Gasteiger partial charge >= 0.3 is 24.3 Å². The Bertz CT molecular complexity index is 948. The molecule has 0 saturated carbocycles. The molecule has 0 radical (unpaired) electrons. The number of anilines is 1. The van der Waals surface area contributed by atoms with Gasteiger partial charge < -0.3 is 20.0 Å². The highest BCUT2D eigenvalue weighted by Crippen LogP contribution is 2.27. The van der Waals surface area contributed by atoms with Crippen molar-refractivity contribution in [1.82, 2.24) is 19.9 Å². The molecule has 2 atom stereocenters. The van der Waals surface area contributed by atoms with Crippen molar-refractivity contribution in [2.75, 3.05) is 25.5 Å². The van der Waals surface area contributed by atoms with Crippen molar-refractivity contribution in [1.29, 1.82) is 0 Å². The van der Waals surface area contributed by atoms with Gasteiger partial charge in [-0.05, 0) is 51.1 Å². The topological polar surface area (TPSA) is 120 Å². The number of halogens is 6. The van der Waals surface area contributed by atoms with Gasteiger partial charge in [-0.25, -0.2) is 19.6 Å². The van der Waals surface area contributed by atoms with Gasteiger partial charge in [-0.15, -0.1) is 0 Å². The van der Waals surface area contributed by atoms with E-state index in [1.165, 1.54) is 5.56 Å². The minimum Gasteiger partial charge on any atom is -0.475 e. The van der Waals surface area contributed by atoms with Gasteiger partial charge in [0.15, 0.2) is 0 Å². The van der Waals surface area contributed by atoms with Crippen LogP contribution in [-0.2, 0) is 16.0 Å². The SMILES string of the molecule is Cc1cnc(N2CC[C@@H](N(C)C)[C@@H]2Cc2cccnc2)nc1.O=C(O)C(F)(F)F.O=C(O)C(F)(F)F. The number of alkyl halides is 6. The molecule has 1 aliphatic heterocycles. The van der Waals surface area contributed by atoms with Crippen molar-refractivity contribution in [3.05, 3.63) is 48.0 Å². The van der Waals surface area contributed by atoms with Crippen LogP contribution in [0.25, 0.3) is 0 Å². The van der Waals surface area contributed by atoms with E-state index in [0.29, 0.717) is 12.1 Å². The van der Waals surface area contributed by atoms with Gasteiger partial charge in [-0.1, -0.05) is 6.07 Å². The van der Waals surface area contributed by atoms with Crippen molar-refractivity contribution in [2.24, 2.45) is 0 Å². The Labute approximate surface area is 202 Å². The zero-order valence-corrected chi connectivity index (χ0v) is 19.5. The number of pyridine rings is 1. The number of hydrogen-bond donors (Lipinski definition) is 2. The molecule has 1 aliphatic rings. The molecule has 1 fully saturated rings. The Hall–Kier alpha value is -3.49. The summed E-state index contributed by atoms with van der Waals surface area (Å²) < 4.78 is 63.5. The fourth-order valence-electron chi connectivity index (χ4n) is 3.23.